The minimum atomic E-state index is 0.361. The average Bonchev–Trinajstić information content (AvgIpc) is 2.58. The Kier molecular flexibility index (Phi) is 8.59. The van der Waals surface area contributed by atoms with Crippen molar-refractivity contribution in [2.75, 3.05) is 24.2 Å². The zero-order valence-corrected chi connectivity index (χ0v) is 16.9. The predicted molar refractivity (Wildman–Crippen MR) is 96.8 cm³/mol. The average molecular weight is 444 g/mol. The fraction of sp³-hybridized carbons (Fsp3) is 0.333. The van der Waals surface area contributed by atoms with Gasteiger partial charge in [-0.15, -0.1) is 0 Å². The Bertz CT molecular complexity index is 504. The molecule has 0 saturated carbocycles. The monoisotopic (exact) mass is 446 g/mol. The van der Waals surface area contributed by atoms with E-state index in [1.807, 2.05) is 38.1 Å². The molecule has 2 aromatic rings. The minimum absolute atomic E-state index is 0.361. The fourth-order valence-corrected chi connectivity index (χ4v) is 5.03. The number of rotatable bonds is 10. The summed E-state index contributed by atoms with van der Waals surface area (Å²) in [6, 6.07) is 16.7. The molecule has 0 aliphatic rings. The fourth-order valence-electron chi connectivity index (χ4n) is 1.85. The van der Waals surface area contributed by atoms with Crippen molar-refractivity contribution in [3.8, 4) is 11.5 Å². The van der Waals surface area contributed by atoms with Gasteiger partial charge in [-0.2, -0.15) is 0 Å². The number of hydrogen-bond donors (Lipinski definition) is 0. The molecule has 0 atom stereocenters. The van der Waals surface area contributed by atoms with E-state index in [2.05, 4.69) is 24.3 Å². The second kappa shape index (κ2) is 10.7. The molecule has 0 bridgehead atoms. The van der Waals surface area contributed by atoms with Crippen LogP contribution in [0, 0.1) is 0 Å². The molecule has 0 aromatic heterocycles. The summed E-state index contributed by atoms with van der Waals surface area (Å²) in [6.45, 7) is 5.41. The number of hydrogen-bond acceptors (Lipinski definition) is 3. The first-order chi connectivity index (χ1) is 11.3. The van der Waals surface area contributed by atoms with Crippen molar-refractivity contribution in [3.63, 3.8) is 0 Å². The van der Waals surface area contributed by atoms with Crippen molar-refractivity contribution in [3.05, 3.63) is 48.5 Å². The van der Waals surface area contributed by atoms with Gasteiger partial charge in [0.15, 0.2) is 0 Å². The van der Waals surface area contributed by atoms with E-state index < -0.39 is 0 Å². The number of benzene rings is 2. The zero-order chi connectivity index (χ0) is 16.3. The van der Waals surface area contributed by atoms with Crippen LogP contribution in [0.15, 0.2) is 48.5 Å². The summed E-state index contributed by atoms with van der Waals surface area (Å²) < 4.78 is 19.4. The Morgan fingerprint density at radius 1 is 0.652 bits per heavy atom. The van der Waals surface area contributed by atoms with Gasteiger partial charge in [0, 0.05) is 0 Å². The van der Waals surface area contributed by atoms with Crippen LogP contribution in [0.5, 0.6) is 11.5 Å². The summed E-state index contributed by atoms with van der Waals surface area (Å²) in [5.74, 6) is 1.87. The molecule has 0 radical (unpaired) electrons. The summed E-state index contributed by atoms with van der Waals surface area (Å²) in [5.41, 5.74) is 1.64. The van der Waals surface area contributed by atoms with Crippen LogP contribution in [-0.2, 0) is 4.74 Å². The van der Waals surface area contributed by atoms with Crippen LogP contribution in [0.4, 0.5) is 0 Å². The molecule has 0 aliphatic heterocycles. The van der Waals surface area contributed by atoms with Crippen LogP contribution >= 0.6 is 0 Å². The molecule has 2 rings (SSSR count). The van der Waals surface area contributed by atoms with Gasteiger partial charge in [-0.3, -0.25) is 0 Å². The van der Waals surface area contributed by atoms with E-state index in [1.165, 1.54) is 8.92 Å². The van der Waals surface area contributed by atoms with Gasteiger partial charge in [0.2, 0.25) is 0 Å². The van der Waals surface area contributed by atoms with E-state index in [4.69, 9.17) is 14.2 Å². The SMILES string of the molecule is CCOc1ccc([Se]COC[Se]c2ccc(OCC)cc2)cc1. The topological polar surface area (TPSA) is 27.7 Å². The molecule has 0 spiro atoms. The van der Waals surface area contributed by atoms with Crippen LogP contribution < -0.4 is 18.4 Å². The molecule has 0 fully saturated rings. The standard InChI is InChI=1S/C18H22O3Se2/c1-3-20-15-5-9-17(10-6-15)22-13-19-14-23-18-11-7-16(8-12-18)21-4-2/h5-12H,3-4,13-14H2,1-2H3. The maximum atomic E-state index is 5.79. The summed E-state index contributed by atoms with van der Waals surface area (Å²) in [5, 5.41) is 0. The van der Waals surface area contributed by atoms with Gasteiger partial charge < -0.3 is 0 Å². The molecule has 0 unspecified atom stereocenters. The first kappa shape index (κ1) is 18.4. The van der Waals surface area contributed by atoms with Crippen LogP contribution in [0.2, 0.25) is 0 Å². The van der Waals surface area contributed by atoms with Gasteiger partial charge in [-0.25, -0.2) is 0 Å². The molecule has 0 N–H and O–H groups in total. The van der Waals surface area contributed by atoms with E-state index in [-0.39, 0.29) is 0 Å². The van der Waals surface area contributed by atoms with Crippen LogP contribution in [-0.4, -0.2) is 54.1 Å². The van der Waals surface area contributed by atoms with Gasteiger partial charge >= 0.3 is 151 Å². The van der Waals surface area contributed by atoms with Crippen molar-refractivity contribution in [1.82, 2.24) is 0 Å². The Morgan fingerprint density at radius 3 is 1.39 bits per heavy atom. The van der Waals surface area contributed by atoms with Gasteiger partial charge in [-0.1, -0.05) is 0 Å². The van der Waals surface area contributed by atoms with E-state index in [9.17, 15) is 0 Å². The molecule has 0 amide bonds. The zero-order valence-electron chi connectivity index (χ0n) is 13.5. The third-order valence-corrected chi connectivity index (χ3v) is 6.62. The van der Waals surface area contributed by atoms with Crippen LogP contribution in [0.25, 0.3) is 0 Å². The molecule has 3 nitrogen and oxygen atoms in total. The predicted octanol–water partition coefficient (Wildman–Crippen LogP) is 1.77. The molecule has 0 heterocycles. The van der Waals surface area contributed by atoms with Gasteiger partial charge in [0.1, 0.15) is 0 Å². The van der Waals surface area contributed by atoms with Crippen molar-refractivity contribution in [1.29, 1.82) is 0 Å². The normalized spacial score (nSPS) is 10.5. The Balaban J connectivity index is 1.63. The summed E-state index contributed by atoms with van der Waals surface area (Å²) in [7, 11) is 0. The van der Waals surface area contributed by atoms with E-state index in [1.54, 1.807) is 0 Å². The molecular formula is C18H22O3Se2. The van der Waals surface area contributed by atoms with E-state index in [0.717, 1.165) is 22.5 Å². The quantitative estimate of drug-likeness (QED) is 0.413. The van der Waals surface area contributed by atoms with E-state index in [0.29, 0.717) is 43.1 Å². The second-order valence-corrected chi connectivity index (χ2v) is 8.72. The number of ether oxygens (including phenoxy) is 3. The first-order valence-electron chi connectivity index (χ1n) is 7.61. The third-order valence-electron chi connectivity index (χ3n) is 2.89. The summed E-state index contributed by atoms with van der Waals surface area (Å²) in [4.78, 5) is 0. The van der Waals surface area contributed by atoms with Crippen LogP contribution in [0.3, 0.4) is 0 Å². The molecule has 2 aromatic carbocycles. The van der Waals surface area contributed by atoms with Gasteiger partial charge in [0.25, 0.3) is 0 Å². The van der Waals surface area contributed by atoms with Crippen molar-refractivity contribution < 1.29 is 14.2 Å². The molecule has 0 saturated heterocycles. The Hall–Kier alpha value is -0.961. The maximum absolute atomic E-state index is 5.79. The van der Waals surface area contributed by atoms with Crippen molar-refractivity contribution in [2.24, 2.45) is 0 Å². The van der Waals surface area contributed by atoms with Gasteiger partial charge in [0.05, 0.1) is 0 Å². The second-order valence-electron chi connectivity index (χ2n) is 4.54. The molecule has 124 valence electrons. The van der Waals surface area contributed by atoms with Crippen molar-refractivity contribution >= 4 is 38.8 Å². The summed E-state index contributed by atoms with van der Waals surface area (Å²) >= 11 is 0.722. The Labute approximate surface area is 151 Å². The molecule has 23 heavy (non-hydrogen) atoms. The summed E-state index contributed by atoms with van der Waals surface area (Å²) in [6.07, 6.45) is 0. The molecule has 5 heteroatoms. The van der Waals surface area contributed by atoms with Crippen molar-refractivity contribution in [2.45, 2.75) is 13.8 Å². The first-order valence-corrected chi connectivity index (χ1v) is 11.7. The Morgan fingerprint density at radius 2 is 1.04 bits per heavy atom. The molecular weight excluding hydrogens is 422 g/mol. The third kappa shape index (κ3) is 6.99. The van der Waals surface area contributed by atoms with Crippen LogP contribution in [0.1, 0.15) is 13.8 Å². The molecule has 0 aliphatic carbocycles. The van der Waals surface area contributed by atoms with Gasteiger partial charge in [-0.05, 0) is 0 Å². The van der Waals surface area contributed by atoms with E-state index >= 15 is 0 Å².